The first-order valence-electron chi connectivity index (χ1n) is 11.6. The van der Waals surface area contributed by atoms with Crippen molar-refractivity contribution in [2.24, 2.45) is 0 Å². The SMILES string of the molecule is CCn1cc(-c2ccccc2F)c(C(F)(F)F)n1.CNC/C=C/C(=O)N1CCc2c(sc(C#N)c2C)C1. The molecule has 0 unspecified atom stereocenters. The van der Waals surface area contributed by atoms with Gasteiger partial charge in [0.2, 0.25) is 5.91 Å². The lowest BCUT2D eigenvalue weighted by Crippen LogP contribution is -2.34. The lowest BCUT2D eigenvalue weighted by molar-refractivity contribution is -0.141. The number of benzene rings is 1. The number of nitriles is 1. The lowest BCUT2D eigenvalue weighted by Gasteiger charge is -2.26. The van der Waals surface area contributed by atoms with Gasteiger partial charge in [0.25, 0.3) is 0 Å². The van der Waals surface area contributed by atoms with Crippen molar-refractivity contribution in [3.63, 3.8) is 0 Å². The lowest BCUT2D eigenvalue weighted by atomic mass is 10.0. The Morgan fingerprint density at radius 3 is 2.65 bits per heavy atom. The monoisotopic (exact) mass is 533 g/mol. The van der Waals surface area contributed by atoms with Crippen molar-refractivity contribution < 1.29 is 22.4 Å². The van der Waals surface area contributed by atoms with Crippen LogP contribution in [0.3, 0.4) is 0 Å². The van der Waals surface area contributed by atoms with E-state index >= 15 is 0 Å². The number of aryl methyl sites for hydroxylation is 1. The average Bonchev–Trinajstić information content (AvgIpc) is 3.46. The summed E-state index contributed by atoms with van der Waals surface area (Å²) in [6.07, 6.45) is 0.912. The topological polar surface area (TPSA) is 74.0 Å². The molecule has 37 heavy (non-hydrogen) atoms. The van der Waals surface area contributed by atoms with Crippen LogP contribution in [0.1, 0.15) is 33.5 Å². The number of thiophene rings is 1. The zero-order chi connectivity index (χ0) is 27.2. The van der Waals surface area contributed by atoms with E-state index in [2.05, 4.69) is 16.5 Å². The number of rotatable bonds is 5. The number of hydrogen-bond donors (Lipinski definition) is 1. The van der Waals surface area contributed by atoms with Crippen LogP contribution < -0.4 is 5.32 Å². The minimum Gasteiger partial charge on any atom is -0.334 e. The predicted octanol–water partition coefficient (Wildman–Crippen LogP) is 5.32. The molecule has 0 radical (unpaired) electrons. The summed E-state index contributed by atoms with van der Waals surface area (Å²) in [6, 6.07) is 7.58. The molecule has 0 saturated heterocycles. The van der Waals surface area contributed by atoms with Gasteiger partial charge in [-0.25, -0.2) is 4.39 Å². The standard InChI is InChI=1S/C14H17N3OS.C12H10F4N2/c1-10-11-5-7-17(14(18)4-3-6-16-2)9-13(11)19-12(10)8-15;1-2-18-7-9(11(17-18)12(14,15)16)8-5-3-4-6-10(8)13/h3-4,16H,5-7,9H2,1-2H3;3-7H,2H2,1H3/b4-3+;. The van der Waals surface area contributed by atoms with Gasteiger partial charge < -0.3 is 10.2 Å². The highest BCUT2D eigenvalue weighted by molar-refractivity contribution is 7.12. The Morgan fingerprint density at radius 2 is 2.03 bits per heavy atom. The minimum atomic E-state index is -4.60. The fourth-order valence-corrected chi connectivity index (χ4v) is 5.08. The van der Waals surface area contributed by atoms with Gasteiger partial charge in [0, 0.05) is 47.9 Å². The van der Waals surface area contributed by atoms with Crippen LogP contribution in [0, 0.1) is 24.1 Å². The third-order valence-corrected chi connectivity index (χ3v) is 7.06. The molecule has 1 aliphatic heterocycles. The Balaban J connectivity index is 0.000000206. The van der Waals surface area contributed by atoms with E-state index in [9.17, 15) is 22.4 Å². The number of nitrogens with one attached hydrogen (secondary N) is 1. The summed E-state index contributed by atoms with van der Waals surface area (Å²) in [5.74, 6) is -0.649. The Kier molecular flexibility index (Phi) is 9.23. The first-order chi connectivity index (χ1) is 17.6. The highest BCUT2D eigenvalue weighted by atomic mass is 32.1. The number of carbonyl (C=O) groups is 1. The van der Waals surface area contributed by atoms with Gasteiger partial charge in [-0.1, -0.05) is 24.3 Å². The molecule has 0 bridgehead atoms. The van der Waals surface area contributed by atoms with Gasteiger partial charge in [-0.05, 0) is 44.5 Å². The average molecular weight is 534 g/mol. The smallest absolute Gasteiger partial charge is 0.334 e. The molecule has 6 nitrogen and oxygen atoms in total. The molecule has 3 heterocycles. The first-order valence-corrected chi connectivity index (χ1v) is 12.4. The van der Waals surface area contributed by atoms with Gasteiger partial charge in [0.15, 0.2) is 5.69 Å². The molecule has 0 aliphatic carbocycles. The van der Waals surface area contributed by atoms with Crippen LogP contribution in [-0.2, 0) is 30.5 Å². The Labute approximate surface area is 216 Å². The summed E-state index contributed by atoms with van der Waals surface area (Å²) in [5, 5.41) is 15.5. The Hall–Kier alpha value is -3.49. The minimum absolute atomic E-state index is 0.0467. The molecule has 3 aromatic rings. The maximum Gasteiger partial charge on any atom is 0.435 e. The quantitative estimate of drug-likeness (QED) is 0.356. The van der Waals surface area contributed by atoms with E-state index in [1.807, 2.05) is 24.9 Å². The van der Waals surface area contributed by atoms with Crippen LogP contribution in [-0.4, -0.2) is 40.7 Å². The van der Waals surface area contributed by atoms with E-state index in [4.69, 9.17) is 5.26 Å². The number of nitrogens with zero attached hydrogens (tertiary/aromatic N) is 4. The van der Waals surface area contributed by atoms with Crippen LogP contribution in [0.4, 0.5) is 17.6 Å². The third-order valence-electron chi connectivity index (χ3n) is 5.84. The zero-order valence-electron chi connectivity index (χ0n) is 20.7. The first kappa shape index (κ1) is 28.1. The largest absolute Gasteiger partial charge is 0.435 e. The summed E-state index contributed by atoms with van der Waals surface area (Å²) in [6.45, 7) is 6.01. The van der Waals surface area contributed by atoms with Gasteiger partial charge in [0.05, 0.1) is 6.54 Å². The van der Waals surface area contributed by atoms with Gasteiger partial charge in [-0.15, -0.1) is 11.3 Å². The summed E-state index contributed by atoms with van der Waals surface area (Å²) >= 11 is 1.52. The molecule has 11 heteroatoms. The number of aromatic nitrogens is 2. The van der Waals surface area contributed by atoms with Crippen LogP contribution in [0.15, 0.2) is 42.6 Å². The van der Waals surface area contributed by atoms with Crippen LogP contribution in [0.25, 0.3) is 11.1 Å². The molecule has 1 amide bonds. The van der Waals surface area contributed by atoms with Gasteiger partial charge in [-0.3, -0.25) is 9.48 Å². The summed E-state index contributed by atoms with van der Waals surface area (Å²) in [4.78, 5) is 15.8. The van der Waals surface area contributed by atoms with Crippen molar-refractivity contribution in [1.82, 2.24) is 20.0 Å². The van der Waals surface area contributed by atoms with Gasteiger partial charge in [-0.2, -0.15) is 23.5 Å². The molecule has 0 fully saturated rings. The zero-order valence-corrected chi connectivity index (χ0v) is 21.5. The molecule has 4 rings (SSSR count). The van der Waals surface area contributed by atoms with Crippen LogP contribution in [0.5, 0.6) is 0 Å². The molecule has 1 aromatic carbocycles. The number of alkyl halides is 3. The third kappa shape index (κ3) is 6.64. The van der Waals surface area contributed by atoms with Crippen molar-refractivity contribution in [2.45, 2.75) is 39.5 Å². The van der Waals surface area contributed by atoms with Crippen molar-refractivity contribution in [2.75, 3.05) is 20.1 Å². The van der Waals surface area contributed by atoms with Gasteiger partial charge in [0.1, 0.15) is 16.8 Å². The number of fused-ring (bicyclic) bond motifs is 1. The number of carbonyl (C=O) groups excluding carboxylic acids is 1. The molecule has 1 aliphatic rings. The summed E-state index contributed by atoms with van der Waals surface area (Å²) < 4.78 is 53.1. The van der Waals surface area contributed by atoms with Gasteiger partial charge >= 0.3 is 6.18 Å². The van der Waals surface area contributed by atoms with E-state index in [0.29, 0.717) is 13.1 Å². The molecular weight excluding hydrogens is 506 g/mol. The van der Waals surface area contributed by atoms with Crippen molar-refractivity contribution in [1.29, 1.82) is 5.26 Å². The van der Waals surface area contributed by atoms with E-state index in [-0.39, 0.29) is 23.6 Å². The van der Waals surface area contributed by atoms with Crippen LogP contribution >= 0.6 is 11.3 Å². The maximum absolute atomic E-state index is 13.6. The van der Waals surface area contributed by atoms with Crippen molar-refractivity contribution >= 4 is 17.2 Å². The van der Waals surface area contributed by atoms with E-state index in [1.165, 1.54) is 41.3 Å². The number of halogens is 4. The van der Waals surface area contributed by atoms with Crippen LogP contribution in [0.2, 0.25) is 0 Å². The Bertz CT molecular complexity index is 1320. The molecular formula is C26H27F4N5OS. The second-order valence-electron chi connectivity index (χ2n) is 8.26. The fourth-order valence-electron chi connectivity index (χ4n) is 3.91. The molecule has 0 spiro atoms. The van der Waals surface area contributed by atoms with E-state index in [0.717, 1.165) is 39.0 Å². The van der Waals surface area contributed by atoms with Crippen molar-refractivity contribution in [3.05, 3.63) is 75.0 Å². The molecule has 2 aromatic heterocycles. The summed E-state index contributed by atoms with van der Waals surface area (Å²) in [7, 11) is 1.85. The summed E-state index contributed by atoms with van der Waals surface area (Å²) in [5.41, 5.74) is 0.978. The molecule has 196 valence electrons. The number of hydrogen-bond acceptors (Lipinski definition) is 5. The van der Waals surface area contributed by atoms with E-state index in [1.54, 1.807) is 13.0 Å². The second kappa shape index (κ2) is 12.2. The molecule has 0 saturated carbocycles. The normalized spacial score (nSPS) is 13.2. The van der Waals surface area contributed by atoms with Crippen molar-refractivity contribution in [3.8, 4) is 17.2 Å². The Morgan fingerprint density at radius 1 is 1.30 bits per heavy atom. The fraction of sp³-hybridized carbons (Fsp3) is 0.346. The highest BCUT2D eigenvalue weighted by Gasteiger charge is 2.38. The molecule has 1 N–H and O–H groups in total. The molecule has 0 atom stereocenters. The number of likely N-dealkylation sites (N-methyl/N-ethyl adjacent to an activating group) is 1. The number of amides is 1. The predicted molar refractivity (Wildman–Crippen MR) is 134 cm³/mol. The maximum atomic E-state index is 13.6. The van der Waals surface area contributed by atoms with E-state index < -0.39 is 17.7 Å². The highest BCUT2D eigenvalue weighted by Crippen LogP contribution is 2.37. The second-order valence-corrected chi connectivity index (χ2v) is 9.37.